The lowest BCUT2D eigenvalue weighted by Gasteiger charge is -2.35. The molecule has 0 bridgehead atoms. The van der Waals surface area contributed by atoms with Crippen LogP contribution in [0.4, 0.5) is 4.79 Å². The van der Waals surface area contributed by atoms with Crippen molar-refractivity contribution < 1.29 is 4.79 Å². The quantitative estimate of drug-likeness (QED) is 0.776. The summed E-state index contributed by atoms with van der Waals surface area (Å²) >= 11 is 0. The Morgan fingerprint density at radius 1 is 0.889 bits per heavy atom. The highest BCUT2D eigenvalue weighted by Crippen LogP contribution is 2.29. The van der Waals surface area contributed by atoms with E-state index in [1.807, 2.05) is 0 Å². The van der Waals surface area contributed by atoms with Gasteiger partial charge in [-0.3, -0.25) is 0 Å². The summed E-state index contributed by atoms with van der Waals surface area (Å²) in [6, 6.07) is 0.847. The van der Waals surface area contributed by atoms with Crippen LogP contribution in [0.2, 0.25) is 0 Å². The van der Waals surface area contributed by atoms with Gasteiger partial charge in [0.25, 0.3) is 0 Å². The van der Waals surface area contributed by atoms with Crippen LogP contribution in [-0.2, 0) is 0 Å². The van der Waals surface area contributed by atoms with Crippen LogP contribution < -0.4 is 10.6 Å². The summed E-state index contributed by atoms with van der Waals surface area (Å²) in [6.45, 7) is 4.58. The van der Waals surface area contributed by atoms with Crippen molar-refractivity contribution in [3.8, 4) is 0 Å². The average molecular weight is 252 g/mol. The molecule has 2 aliphatic carbocycles. The number of urea groups is 1. The van der Waals surface area contributed by atoms with E-state index in [4.69, 9.17) is 0 Å². The zero-order chi connectivity index (χ0) is 13.0. The molecular formula is C15H28N2O. The van der Waals surface area contributed by atoms with Gasteiger partial charge in [0.2, 0.25) is 0 Å². The van der Waals surface area contributed by atoms with Crippen molar-refractivity contribution in [1.29, 1.82) is 0 Å². The van der Waals surface area contributed by atoms with Gasteiger partial charge < -0.3 is 10.6 Å². The van der Waals surface area contributed by atoms with Crippen LogP contribution in [0, 0.1) is 11.8 Å². The van der Waals surface area contributed by atoms with Crippen molar-refractivity contribution in [1.82, 2.24) is 10.6 Å². The standard InChI is InChI=1S/C15H28N2O/c1-11-7-6-10-14(12(11)2)17-15(18)16-13-8-4-3-5-9-13/h11-14H,3-10H2,1-2H3,(H2,16,17,18)/t11-,12+,14+/m1/s1. The fourth-order valence-corrected chi connectivity index (χ4v) is 3.43. The van der Waals surface area contributed by atoms with Gasteiger partial charge in [0.15, 0.2) is 0 Å². The van der Waals surface area contributed by atoms with E-state index in [0.29, 0.717) is 18.0 Å². The molecule has 3 heteroatoms. The predicted molar refractivity (Wildman–Crippen MR) is 74.5 cm³/mol. The van der Waals surface area contributed by atoms with Gasteiger partial charge in [-0.15, -0.1) is 0 Å². The molecule has 2 fully saturated rings. The third-order valence-electron chi connectivity index (χ3n) is 4.96. The van der Waals surface area contributed by atoms with Crippen LogP contribution in [0.3, 0.4) is 0 Å². The Morgan fingerprint density at radius 2 is 1.61 bits per heavy atom. The molecular weight excluding hydrogens is 224 g/mol. The van der Waals surface area contributed by atoms with Gasteiger partial charge in [0.05, 0.1) is 0 Å². The average Bonchev–Trinajstić information content (AvgIpc) is 2.36. The largest absolute Gasteiger partial charge is 0.335 e. The molecule has 0 aromatic carbocycles. The van der Waals surface area contributed by atoms with Crippen molar-refractivity contribution >= 4 is 6.03 Å². The van der Waals surface area contributed by atoms with E-state index in [-0.39, 0.29) is 6.03 Å². The van der Waals surface area contributed by atoms with Gasteiger partial charge >= 0.3 is 6.03 Å². The molecule has 0 saturated heterocycles. The summed E-state index contributed by atoms with van der Waals surface area (Å²) in [6.07, 6.45) is 9.88. The molecule has 3 nitrogen and oxygen atoms in total. The number of rotatable bonds is 2. The second-order valence-corrected chi connectivity index (χ2v) is 6.33. The number of carbonyl (C=O) groups is 1. The molecule has 104 valence electrons. The maximum absolute atomic E-state index is 12.0. The monoisotopic (exact) mass is 252 g/mol. The first-order valence-electron chi connectivity index (χ1n) is 7.74. The summed E-state index contributed by atoms with van der Waals surface area (Å²) < 4.78 is 0. The van der Waals surface area contributed by atoms with Gasteiger partial charge in [-0.2, -0.15) is 0 Å². The molecule has 0 aromatic rings. The number of carbonyl (C=O) groups excluding carboxylic acids is 1. The lowest BCUT2D eigenvalue weighted by Crippen LogP contribution is -2.50. The minimum atomic E-state index is 0.0628. The predicted octanol–water partition coefficient (Wildman–Crippen LogP) is 3.44. The third-order valence-corrected chi connectivity index (χ3v) is 4.96. The maximum Gasteiger partial charge on any atom is 0.315 e. The molecule has 18 heavy (non-hydrogen) atoms. The fourth-order valence-electron chi connectivity index (χ4n) is 3.43. The molecule has 0 aliphatic heterocycles. The summed E-state index contributed by atoms with van der Waals surface area (Å²) in [7, 11) is 0. The van der Waals surface area contributed by atoms with E-state index < -0.39 is 0 Å². The Hall–Kier alpha value is -0.730. The minimum absolute atomic E-state index is 0.0628. The number of nitrogens with one attached hydrogen (secondary N) is 2. The minimum Gasteiger partial charge on any atom is -0.335 e. The number of amides is 2. The van der Waals surface area contributed by atoms with E-state index in [1.54, 1.807) is 0 Å². The highest BCUT2D eigenvalue weighted by atomic mass is 16.2. The van der Waals surface area contributed by atoms with Crippen LogP contribution in [-0.4, -0.2) is 18.1 Å². The molecule has 0 heterocycles. The maximum atomic E-state index is 12.0. The van der Waals surface area contributed by atoms with Crippen LogP contribution in [0.5, 0.6) is 0 Å². The lowest BCUT2D eigenvalue weighted by molar-refractivity contribution is 0.191. The molecule has 0 radical (unpaired) electrons. The zero-order valence-electron chi connectivity index (χ0n) is 11.9. The summed E-state index contributed by atoms with van der Waals surface area (Å²) in [4.78, 5) is 12.0. The van der Waals surface area contributed by atoms with Crippen molar-refractivity contribution in [2.75, 3.05) is 0 Å². The van der Waals surface area contributed by atoms with Crippen molar-refractivity contribution in [3.63, 3.8) is 0 Å². The SMILES string of the molecule is C[C@H]1[C@H](C)CCC[C@@H]1NC(=O)NC1CCCCC1. The third kappa shape index (κ3) is 3.63. The van der Waals surface area contributed by atoms with Crippen LogP contribution in [0.1, 0.15) is 65.2 Å². The van der Waals surface area contributed by atoms with E-state index in [1.165, 1.54) is 32.1 Å². The second-order valence-electron chi connectivity index (χ2n) is 6.33. The molecule has 2 N–H and O–H groups in total. The summed E-state index contributed by atoms with van der Waals surface area (Å²) in [5.41, 5.74) is 0. The Morgan fingerprint density at radius 3 is 2.33 bits per heavy atom. The first kappa shape index (κ1) is 13.7. The molecule has 2 amide bonds. The summed E-state index contributed by atoms with van der Waals surface area (Å²) in [5, 5.41) is 6.35. The molecule has 2 rings (SSSR count). The molecule has 0 spiro atoms. The van der Waals surface area contributed by atoms with E-state index >= 15 is 0 Å². The van der Waals surface area contributed by atoms with E-state index in [9.17, 15) is 4.79 Å². The highest BCUT2D eigenvalue weighted by molar-refractivity contribution is 5.74. The first-order chi connectivity index (χ1) is 8.66. The van der Waals surface area contributed by atoms with E-state index in [0.717, 1.165) is 25.2 Å². The van der Waals surface area contributed by atoms with Crippen LogP contribution in [0.15, 0.2) is 0 Å². The van der Waals surface area contributed by atoms with Crippen molar-refractivity contribution in [2.24, 2.45) is 11.8 Å². The molecule has 2 aliphatic rings. The molecule has 2 saturated carbocycles. The van der Waals surface area contributed by atoms with Gasteiger partial charge in [0, 0.05) is 12.1 Å². The topological polar surface area (TPSA) is 41.1 Å². The Labute approximate surface area is 111 Å². The Kier molecular flexibility index (Phi) is 4.90. The Bertz CT molecular complexity index is 274. The highest BCUT2D eigenvalue weighted by Gasteiger charge is 2.28. The molecule has 0 unspecified atom stereocenters. The van der Waals surface area contributed by atoms with Crippen molar-refractivity contribution in [2.45, 2.75) is 77.3 Å². The molecule has 0 aromatic heterocycles. The van der Waals surface area contributed by atoms with Gasteiger partial charge in [-0.25, -0.2) is 4.79 Å². The smallest absolute Gasteiger partial charge is 0.315 e. The number of hydrogen-bond donors (Lipinski definition) is 2. The van der Waals surface area contributed by atoms with E-state index in [2.05, 4.69) is 24.5 Å². The van der Waals surface area contributed by atoms with Crippen molar-refractivity contribution in [3.05, 3.63) is 0 Å². The van der Waals surface area contributed by atoms with Gasteiger partial charge in [-0.05, 0) is 31.1 Å². The lowest BCUT2D eigenvalue weighted by atomic mass is 9.78. The van der Waals surface area contributed by atoms with Crippen LogP contribution >= 0.6 is 0 Å². The van der Waals surface area contributed by atoms with Crippen LogP contribution in [0.25, 0.3) is 0 Å². The normalized spacial score (nSPS) is 34.0. The second kappa shape index (κ2) is 6.44. The summed E-state index contributed by atoms with van der Waals surface area (Å²) in [5.74, 6) is 1.34. The van der Waals surface area contributed by atoms with Gasteiger partial charge in [0.1, 0.15) is 0 Å². The fraction of sp³-hybridized carbons (Fsp3) is 0.933. The number of hydrogen-bond acceptors (Lipinski definition) is 1. The zero-order valence-corrected chi connectivity index (χ0v) is 11.9. The first-order valence-corrected chi connectivity index (χ1v) is 7.74. The Balaban J connectivity index is 1.75. The van der Waals surface area contributed by atoms with Gasteiger partial charge in [-0.1, -0.05) is 46.0 Å². The molecule has 3 atom stereocenters.